The van der Waals surface area contributed by atoms with E-state index in [2.05, 4.69) is 18.3 Å². The van der Waals surface area contributed by atoms with Crippen LogP contribution in [0.1, 0.15) is 66.2 Å². The van der Waals surface area contributed by atoms with Crippen molar-refractivity contribution >= 4 is 28.5 Å². The highest BCUT2D eigenvalue weighted by Crippen LogP contribution is 2.40. The van der Waals surface area contributed by atoms with Crippen LogP contribution < -0.4 is 5.32 Å². The highest BCUT2D eigenvalue weighted by Gasteiger charge is 2.30. The minimum atomic E-state index is -0.913. The molecule has 1 atom stereocenters. The molecule has 1 aromatic heterocycles. The summed E-state index contributed by atoms with van der Waals surface area (Å²) in [5.41, 5.74) is 3.58. The number of nitrogens with one attached hydrogen (secondary N) is 1. The van der Waals surface area contributed by atoms with Gasteiger partial charge in [0.1, 0.15) is 11.3 Å². The van der Waals surface area contributed by atoms with Gasteiger partial charge in [-0.3, -0.25) is 9.59 Å². The average molecular weight is 449 g/mol. The van der Waals surface area contributed by atoms with Crippen LogP contribution in [0.5, 0.6) is 0 Å². The van der Waals surface area contributed by atoms with Gasteiger partial charge in [0, 0.05) is 35.8 Å². The molecule has 2 N–H and O–H groups in total. The summed E-state index contributed by atoms with van der Waals surface area (Å²) in [6.07, 6.45) is 6.02. The third-order valence-electron chi connectivity index (χ3n) is 6.75. The molecule has 0 radical (unpaired) electrons. The van der Waals surface area contributed by atoms with Gasteiger partial charge in [-0.05, 0) is 56.0 Å². The molecule has 1 aliphatic carbocycles. The van der Waals surface area contributed by atoms with Gasteiger partial charge in [0.2, 0.25) is 0 Å². The van der Waals surface area contributed by atoms with Gasteiger partial charge in [-0.1, -0.05) is 37.5 Å². The standard InChI is InChI=1S/C27H32N2O4/c1-18-22-10-6-7-11-23(22)33-26(18)25(19-8-4-3-5-9-19)28-21-14-12-20(13-15-21)27(32)29(2)17-16-24(30)31/h6-7,10-15,19,25,28H,3-5,8-9,16-17H2,1-2H3,(H,30,31). The number of nitrogens with zero attached hydrogens (tertiary/aromatic N) is 1. The van der Waals surface area contributed by atoms with E-state index in [1.807, 2.05) is 30.3 Å². The fourth-order valence-corrected chi connectivity index (χ4v) is 4.83. The number of carboxylic acid groups (broad SMARTS) is 1. The van der Waals surface area contributed by atoms with Crippen LogP contribution in [0.4, 0.5) is 5.69 Å². The Morgan fingerprint density at radius 2 is 1.79 bits per heavy atom. The molecular weight excluding hydrogens is 416 g/mol. The van der Waals surface area contributed by atoms with Gasteiger partial charge in [0.05, 0.1) is 12.5 Å². The second kappa shape index (κ2) is 10.1. The lowest BCUT2D eigenvalue weighted by molar-refractivity contribution is -0.137. The van der Waals surface area contributed by atoms with Crippen LogP contribution in [0, 0.1) is 12.8 Å². The fourth-order valence-electron chi connectivity index (χ4n) is 4.83. The van der Waals surface area contributed by atoms with Crippen molar-refractivity contribution in [1.82, 2.24) is 4.90 Å². The van der Waals surface area contributed by atoms with Gasteiger partial charge in [-0.25, -0.2) is 0 Å². The van der Waals surface area contributed by atoms with Crippen molar-refractivity contribution in [3.63, 3.8) is 0 Å². The molecule has 1 saturated carbocycles. The maximum Gasteiger partial charge on any atom is 0.305 e. The number of aliphatic carboxylic acids is 1. The van der Waals surface area contributed by atoms with Crippen LogP contribution in [0.25, 0.3) is 11.0 Å². The number of anilines is 1. The van der Waals surface area contributed by atoms with E-state index >= 15 is 0 Å². The van der Waals surface area contributed by atoms with E-state index in [4.69, 9.17) is 9.52 Å². The van der Waals surface area contributed by atoms with Crippen LogP contribution in [-0.2, 0) is 4.79 Å². The molecular formula is C27H32N2O4. The first-order valence-corrected chi connectivity index (χ1v) is 11.8. The topological polar surface area (TPSA) is 82.8 Å². The molecule has 4 rings (SSSR count). The molecule has 0 saturated heterocycles. The summed E-state index contributed by atoms with van der Waals surface area (Å²) in [4.78, 5) is 24.8. The highest BCUT2D eigenvalue weighted by molar-refractivity contribution is 5.94. The summed E-state index contributed by atoms with van der Waals surface area (Å²) in [5, 5.41) is 13.7. The number of amides is 1. The predicted molar refractivity (Wildman–Crippen MR) is 130 cm³/mol. The molecule has 0 bridgehead atoms. The number of fused-ring (bicyclic) bond motifs is 1. The van der Waals surface area contributed by atoms with Gasteiger partial charge in [-0.2, -0.15) is 0 Å². The Kier molecular flexibility index (Phi) is 7.02. The van der Waals surface area contributed by atoms with Crippen LogP contribution in [-0.4, -0.2) is 35.5 Å². The number of carbonyl (C=O) groups excluding carboxylic acids is 1. The molecule has 3 aromatic rings. The predicted octanol–water partition coefficient (Wildman–Crippen LogP) is 6.02. The molecule has 6 nitrogen and oxygen atoms in total. The lowest BCUT2D eigenvalue weighted by Crippen LogP contribution is -2.29. The molecule has 0 spiro atoms. The maximum absolute atomic E-state index is 12.6. The summed E-state index contributed by atoms with van der Waals surface area (Å²) in [6.45, 7) is 2.32. The molecule has 1 amide bonds. The molecule has 1 heterocycles. The maximum atomic E-state index is 12.6. The minimum Gasteiger partial charge on any atom is -0.481 e. The van der Waals surface area contributed by atoms with Crippen molar-refractivity contribution in [3.8, 4) is 0 Å². The summed E-state index contributed by atoms with van der Waals surface area (Å²) in [5.74, 6) is 0.390. The average Bonchev–Trinajstić information content (AvgIpc) is 3.17. The smallest absolute Gasteiger partial charge is 0.305 e. The summed E-state index contributed by atoms with van der Waals surface area (Å²) in [6, 6.07) is 15.7. The van der Waals surface area contributed by atoms with Crippen molar-refractivity contribution in [2.75, 3.05) is 18.9 Å². The van der Waals surface area contributed by atoms with Gasteiger partial charge in [0.15, 0.2) is 0 Å². The molecule has 33 heavy (non-hydrogen) atoms. The Hall–Kier alpha value is -3.28. The Bertz CT molecular complexity index is 1110. The van der Waals surface area contributed by atoms with E-state index in [1.54, 1.807) is 19.2 Å². The number of furan rings is 1. The molecule has 1 unspecified atom stereocenters. The molecule has 1 aliphatic rings. The van der Waals surface area contributed by atoms with E-state index in [1.165, 1.54) is 42.6 Å². The zero-order valence-corrected chi connectivity index (χ0v) is 19.3. The quantitative estimate of drug-likeness (QED) is 0.440. The van der Waals surface area contributed by atoms with Gasteiger partial charge in [-0.15, -0.1) is 0 Å². The van der Waals surface area contributed by atoms with Gasteiger partial charge < -0.3 is 19.7 Å². The van der Waals surface area contributed by atoms with E-state index < -0.39 is 5.97 Å². The minimum absolute atomic E-state index is 0.0671. The largest absolute Gasteiger partial charge is 0.481 e. The number of hydrogen-bond acceptors (Lipinski definition) is 4. The van der Waals surface area contributed by atoms with Crippen molar-refractivity contribution in [2.45, 2.75) is 51.5 Å². The Morgan fingerprint density at radius 1 is 1.09 bits per heavy atom. The van der Waals surface area contributed by atoms with E-state index in [0.717, 1.165) is 22.4 Å². The molecule has 1 fully saturated rings. The zero-order chi connectivity index (χ0) is 23.4. The first-order chi connectivity index (χ1) is 15.9. The van der Waals surface area contributed by atoms with Crippen molar-refractivity contribution in [2.24, 2.45) is 5.92 Å². The summed E-state index contributed by atoms with van der Waals surface area (Å²) >= 11 is 0. The van der Waals surface area contributed by atoms with Crippen molar-refractivity contribution in [1.29, 1.82) is 0 Å². The third kappa shape index (κ3) is 5.21. The first-order valence-electron chi connectivity index (χ1n) is 11.8. The van der Waals surface area contributed by atoms with Gasteiger partial charge in [0.25, 0.3) is 5.91 Å². The molecule has 2 aromatic carbocycles. The second-order valence-electron chi connectivity index (χ2n) is 9.06. The van der Waals surface area contributed by atoms with E-state index in [0.29, 0.717) is 11.5 Å². The fraction of sp³-hybridized carbons (Fsp3) is 0.407. The lowest BCUT2D eigenvalue weighted by Gasteiger charge is -2.31. The van der Waals surface area contributed by atoms with Gasteiger partial charge >= 0.3 is 5.97 Å². The molecule has 174 valence electrons. The van der Waals surface area contributed by atoms with E-state index in [9.17, 15) is 9.59 Å². The molecule has 0 aliphatic heterocycles. The number of benzene rings is 2. The van der Waals surface area contributed by atoms with Crippen LogP contribution >= 0.6 is 0 Å². The second-order valence-corrected chi connectivity index (χ2v) is 9.06. The summed E-state index contributed by atoms with van der Waals surface area (Å²) in [7, 11) is 1.63. The highest BCUT2D eigenvalue weighted by atomic mass is 16.4. The number of rotatable bonds is 8. The van der Waals surface area contributed by atoms with Crippen LogP contribution in [0.15, 0.2) is 52.9 Å². The normalized spacial score (nSPS) is 15.3. The lowest BCUT2D eigenvalue weighted by atomic mass is 9.82. The number of para-hydroxylation sites is 1. The summed E-state index contributed by atoms with van der Waals surface area (Å²) < 4.78 is 6.35. The number of carbonyl (C=O) groups is 2. The SMILES string of the molecule is Cc1c(C(Nc2ccc(C(=O)N(C)CCC(=O)O)cc2)C2CCCCC2)oc2ccccc12. The molecule has 6 heteroatoms. The zero-order valence-electron chi connectivity index (χ0n) is 19.3. The monoisotopic (exact) mass is 448 g/mol. The van der Waals surface area contributed by atoms with Crippen LogP contribution in [0.3, 0.4) is 0 Å². The number of aryl methyl sites for hydroxylation is 1. The van der Waals surface area contributed by atoms with Crippen molar-refractivity contribution in [3.05, 3.63) is 65.4 Å². The van der Waals surface area contributed by atoms with E-state index in [-0.39, 0.29) is 24.9 Å². The first kappa shape index (κ1) is 22.9. The Labute approximate surface area is 194 Å². The number of hydrogen-bond donors (Lipinski definition) is 2. The third-order valence-corrected chi connectivity index (χ3v) is 6.75. The van der Waals surface area contributed by atoms with Crippen molar-refractivity contribution < 1.29 is 19.1 Å². The van der Waals surface area contributed by atoms with Crippen LogP contribution in [0.2, 0.25) is 0 Å². The Balaban J connectivity index is 1.55. The number of carboxylic acids is 1. The Morgan fingerprint density at radius 3 is 2.45 bits per heavy atom.